The molecule has 4 heteroatoms. The second-order valence-corrected chi connectivity index (χ2v) is 4.83. The minimum Gasteiger partial charge on any atom is -0.398 e. The standard InChI is InChI=1S/C11H17ClN2O/c1-11(2,6-15)10(14)8-5-7(12)3-4-9(8)13/h3-5,10,15H,6,13-14H2,1-2H3/t10-/m0/s1. The highest BCUT2D eigenvalue weighted by molar-refractivity contribution is 6.30. The first kappa shape index (κ1) is 12.3. The number of aliphatic hydroxyl groups excluding tert-OH is 1. The average molecular weight is 229 g/mol. The van der Waals surface area contributed by atoms with Gasteiger partial charge in [0, 0.05) is 28.8 Å². The van der Waals surface area contributed by atoms with Crippen LogP contribution in [0.25, 0.3) is 0 Å². The van der Waals surface area contributed by atoms with Crippen LogP contribution in [-0.4, -0.2) is 11.7 Å². The van der Waals surface area contributed by atoms with Crippen molar-refractivity contribution in [3.05, 3.63) is 28.8 Å². The third kappa shape index (κ3) is 2.62. The van der Waals surface area contributed by atoms with E-state index in [1.54, 1.807) is 18.2 Å². The Kier molecular flexibility index (Phi) is 3.60. The monoisotopic (exact) mass is 228 g/mol. The van der Waals surface area contributed by atoms with Gasteiger partial charge in [-0.25, -0.2) is 0 Å². The second kappa shape index (κ2) is 4.39. The summed E-state index contributed by atoms with van der Waals surface area (Å²) in [5, 5.41) is 9.83. The number of benzene rings is 1. The Labute approximate surface area is 95.0 Å². The van der Waals surface area contributed by atoms with Crippen LogP contribution < -0.4 is 11.5 Å². The van der Waals surface area contributed by atoms with Crippen LogP contribution in [0.3, 0.4) is 0 Å². The van der Waals surface area contributed by atoms with Gasteiger partial charge in [0.2, 0.25) is 0 Å². The van der Waals surface area contributed by atoms with E-state index in [0.29, 0.717) is 10.7 Å². The van der Waals surface area contributed by atoms with Gasteiger partial charge in [0.05, 0.1) is 0 Å². The largest absolute Gasteiger partial charge is 0.398 e. The van der Waals surface area contributed by atoms with Crippen LogP contribution in [0.1, 0.15) is 25.5 Å². The maximum Gasteiger partial charge on any atom is 0.0500 e. The maximum atomic E-state index is 9.23. The summed E-state index contributed by atoms with van der Waals surface area (Å²) in [6.45, 7) is 3.77. The molecule has 0 fully saturated rings. The van der Waals surface area contributed by atoms with Gasteiger partial charge in [-0.2, -0.15) is 0 Å². The van der Waals surface area contributed by atoms with Crippen molar-refractivity contribution >= 4 is 17.3 Å². The summed E-state index contributed by atoms with van der Waals surface area (Å²) >= 11 is 5.88. The molecular formula is C11H17ClN2O. The Morgan fingerprint density at radius 2 is 2.07 bits per heavy atom. The van der Waals surface area contributed by atoms with E-state index in [9.17, 15) is 5.11 Å². The summed E-state index contributed by atoms with van der Waals surface area (Å²) in [5.74, 6) is 0. The lowest BCUT2D eigenvalue weighted by Crippen LogP contribution is -2.32. The summed E-state index contributed by atoms with van der Waals surface area (Å²) in [7, 11) is 0. The summed E-state index contributed by atoms with van der Waals surface area (Å²) in [6.07, 6.45) is 0. The molecule has 0 unspecified atom stereocenters. The zero-order valence-electron chi connectivity index (χ0n) is 9.00. The summed E-state index contributed by atoms with van der Waals surface area (Å²) < 4.78 is 0. The van der Waals surface area contributed by atoms with Gasteiger partial charge in [-0.15, -0.1) is 0 Å². The molecule has 0 aromatic heterocycles. The van der Waals surface area contributed by atoms with Gasteiger partial charge in [-0.3, -0.25) is 0 Å². The molecule has 84 valence electrons. The van der Waals surface area contributed by atoms with Gasteiger partial charge >= 0.3 is 0 Å². The van der Waals surface area contributed by atoms with Crippen molar-refractivity contribution in [1.82, 2.24) is 0 Å². The van der Waals surface area contributed by atoms with Gasteiger partial charge in [0.15, 0.2) is 0 Å². The minimum atomic E-state index is -0.418. The maximum absolute atomic E-state index is 9.23. The van der Waals surface area contributed by atoms with Gasteiger partial charge in [0.1, 0.15) is 0 Å². The first-order chi connectivity index (χ1) is 6.88. The van der Waals surface area contributed by atoms with Crippen LogP contribution in [0.5, 0.6) is 0 Å². The molecule has 0 saturated carbocycles. The molecule has 1 atom stereocenters. The summed E-state index contributed by atoms with van der Waals surface area (Å²) in [4.78, 5) is 0. The van der Waals surface area contributed by atoms with Crippen molar-refractivity contribution in [2.45, 2.75) is 19.9 Å². The molecule has 0 aliphatic rings. The molecule has 0 aliphatic heterocycles. The predicted octanol–water partition coefficient (Wildman–Crippen LogP) is 1.94. The quantitative estimate of drug-likeness (QED) is 0.693. The molecule has 1 aromatic carbocycles. The minimum absolute atomic E-state index is 0.000119. The topological polar surface area (TPSA) is 72.3 Å². The molecule has 5 N–H and O–H groups in total. The van der Waals surface area contributed by atoms with Crippen molar-refractivity contribution < 1.29 is 5.11 Å². The highest BCUT2D eigenvalue weighted by atomic mass is 35.5. The number of anilines is 1. The molecule has 3 nitrogen and oxygen atoms in total. The average Bonchev–Trinajstić information content (AvgIpc) is 2.20. The van der Waals surface area contributed by atoms with Crippen molar-refractivity contribution in [2.24, 2.45) is 11.1 Å². The van der Waals surface area contributed by atoms with Crippen LogP contribution in [-0.2, 0) is 0 Å². The van der Waals surface area contributed by atoms with E-state index in [-0.39, 0.29) is 12.6 Å². The van der Waals surface area contributed by atoms with E-state index in [4.69, 9.17) is 23.1 Å². The number of nitrogen functional groups attached to an aromatic ring is 1. The SMILES string of the molecule is CC(C)(CO)[C@@H](N)c1cc(Cl)ccc1N. The fourth-order valence-electron chi connectivity index (χ4n) is 1.33. The van der Waals surface area contributed by atoms with Crippen LogP contribution in [0.2, 0.25) is 5.02 Å². The third-order valence-electron chi connectivity index (χ3n) is 2.63. The first-order valence-corrected chi connectivity index (χ1v) is 5.17. The number of nitrogens with two attached hydrogens (primary N) is 2. The molecule has 0 heterocycles. The Morgan fingerprint density at radius 3 is 2.60 bits per heavy atom. The molecule has 15 heavy (non-hydrogen) atoms. The fourth-order valence-corrected chi connectivity index (χ4v) is 1.51. The van der Waals surface area contributed by atoms with Crippen molar-refractivity contribution in [2.75, 3.05) is 12.3 Å². The summed E-state index contributed by atoms with van der Waals surface area (Å²) in [5.41, 5.74) is 12.8. The molecule has 0 radical (unpaired) electrons. The lowest BCUT2D eigenvalue weighted by Gasteiger charge is -2.30. The zero-order chi connectivity index (χ0) is 11.6. The highest BCUT2D eigenvalue weighted by Gasteiger charge is 2.28. The van der Waals surface area contributed by atoms with Gasteiger partial charge in [-0.05, 0) is 23.8 Å². The predicted molar refractivity (Wildman–Crippen MR) is 63.7 cm³/mol. The molecule has 0 spiro atoms. The van der Waals surface area contributed by atoms with Crippen LogP contribution in [0.15, 0.2) is 18.2 Å². The molecule has 1 aromatic rings. The Balaban J connectivity index is 3.10. The van der Waals surface area contributed by atoms with Gasteiger partial charge in [-0.1, -0.05) is 25.4 Å². The third-order valence-corrected chi connectivity index (χ3v) is 2.87. The van der Waals surface area contributed by atoms with Gasteiger partial charge < -0.3 is 16.6 Å². The number of halogens is 1. The van der Waals surface area contributed by atoms with E-state index < -0.39 is 5.41 Å². The van der Waals surface area contributed by atoms with Crippen molar-refractivity contribution in [1.29, 1.82) is 0 Å². The number of aliphatic hydroxyl groups is 1. The number of rotatable bonds is 3. The normalized spacial score (nSPS) is 13.9. The van der Waals surface area contributed by atoms with Crippen molar-refractivity contribution in [3.63, 3.8) is 0 Å². The molecule has 1 rings (SSSR count). The second-order valence-electron chi connectivity index (χ2n) is 4.40. The van der Waals surface area contributed by atoms with Crippen molar-refractivity contribution in [3.8, 4) is 0 Å². The first-order valence-electron chi connectivity index (χ1n) is 4.80. The molecule has 0 aliphatic carbocycles. The Morgan fingerprint density at radius 1 is 1.47 bits per heavy atom. The lowest BCUT2D eigenvalue weighted by molar-refractivity contribution is 0.132. The highest BCUT2D eigenvalue weighted by Crippen LogP contribution is 2.34. The van der Waals surface area contributed by atoms with E-state index >= 15 is 0 Å². The van der Waals surface area contributed by atoms with Crippen LogP contribution >= 0.6 is 11.6 Å². The smallest absolute Gasteiger partial charge is 0.0500 e. The summed E-state index contributed by atoms with van der Waals surface area (Å²) in [6, 6.07) is 4.87. The van der Waals surface area contributed by atoms with E-state index in [2.05, 4.69) is 0 Å². The number of hydrogen-bond acceptors (Lipinski definition) is 3. The lowest BCUT2D eigenvalue weighted by atomic mass is 9.81. The molecule has 0 saturated heterocycles. The number of hydrogen-bond donors (Lipinski definition) is 3. The van der Waals surface area contributed by atoms with Crippen LogP contribution in [0.4, 0.5) is 5.69 Å². The van der Waals surface area contributed by atoms with E-state index in [1.165, 1.54) is 0 Å². The fraction of sp³-hybridized carbons (Fsp3) is 0.455. The van der Waals surface area contributed by atoms with Crippen LogP contribution in [0, 0.1) is 5.41 Å². The zero-order valence-corrected chi connectivity index (χ0v) is 9.75. The Hall–Kier alpha value is -0.770. The van der Waals surface area contributed by atoms with E-state index in [0.717, 1.165) is 5.56 Å². The Bertz CT molecular complexity index is 352. The van der Waals surface area contributed by atoms with Gasteiger partial charge in [0.25, 0.3) is 0 Å². The molecule has 0 amide bonds. The molecule has 0 bridgehead atoms. The molecular weight excluding hydrogens is 212 g/mol. The van der Waals surface area contributed by atoms with E-state index in [1.807, 2.05) is 13.8 Å².